The van der Waals surface area contributed by atoms with Crippen molar-refractivity contribution in [3.05, 3.63) is 45.6 Å². The lowest BCUT2D eigenvalue weighted by Gasteiger charge is -2.34. The molecule has 31 heavy (non-hydrogen) atoms. The highest BCUT2D eigenvalue weighted by atomic mass is 32.2. The highest BCUT2D eigenvalue weighted by molar-refractivity contribution is 8.17. The predicted octanol–water partition coefficient (Wildman–Crippen LogP) is 5.74. The Morgan fingerprint density at radius 1 is 1.32 bits per heavy atom. The van der Waals surface area contributed by atoms with Gasteiger partial charge in [0.05, 0.1) is 5.54 Å². The van der Waals surface area contributed by atoms with Crippen LogP contribution in [-0.2, 0) is 10.3 Å². The first kappa shape index (κ1) is 23.8. The summed E-state index contributed by atoms with van der Waals surface area (Å²) >= 11 is 1.45. The van der Waals surface area contributed by atoms with Crippen molar-refractivity contribution in [3.63, 3.8) is 0 Å². The summed E-state index contributed by atoms with van der Waals surface area (Å²) in [6, 6.07) is 5.11. The van der Waals surface area contributed by atoms with E-state index in [0.29, 0.717) is 17.2 Å². The Kier molecular flexibility index (Phi) is 7.16. The third-order valence-corrected chi connectivity index (χ3v) is 6.64. The highest BCUT2D eigenvalue weighted by Crippen LogP contribution is 2.44. The van der Waals surface area contributed by atoms with E-state index in [9.17, 15) is 9.18 Å². The largest absolute Gasteiger partial charge is 0.444 e. The SMILES string of the molecule is C/C(CN1CCCC1)=C1\C[C@@](C)(c2cc(C)ccc2F)N=C(NC(=O)OC(C)(C)C)S1. The zero-order valence-electron chi connectivity index (χ0n) is 19.5. The summed E-state index contributed by atoms with van der Waals surface area (Å²) < 4.78 is 20.3. The summed E-state index contributed by atoms with van der Waals surface area (Å²) in [4.78, 5) is 20.8. The zero-order chi connectivity index (χ0) is 22.8. The first-order valence-electron chi connectivity index (χ1n) is 10.9. The molecule has 0 aromatic heterocycles. The monoisotopic (exact) mass is 447 g/mol. The number of amides is 1. The van der Waals surface area contributed by atoms with Gasteiger partial charge < -0.3 is 4.74 Å². The van der Waals surface area contributed by atoms with Crippen LogP contribution in [0.5, 0.6) is 0 Å². The molecular weight excluding hydrogens is 413 g/mol. The number of benzene rings is 1. The molecule has 2 aliphatic rings. The van der Waals surface area contributed by atoms with E-state index in [2.05, 4.69) is 17.1 Å². The topological polar surface area (TPSA) is 53.9 Å². The molecule has 0 spiro atoms. The normalized spacial score (nSPS) is 24.0. The summed E-state index contributed by atoms with van der Waals surface area (Å²) in [5, 5.41) is 3.24. The number of likely N-dealkylation sites (tertiary alicyclic amines) is 1. The number of ether oxygens (including phenoxy) is 1. The van der Waals surface area contributed by atoms with Crippen molar-refractivity contribution in [2.24, 2.45) is 4.99 Å². The molecule has 0 aliphatic carbocycles. The van der Waals surface area contributed by atoms with Gasteiger partial charge in [-0.05, 0) is 84.0 Å². The van der Waals surface area contributed by atoms with Crippen LogP contribution in [0.25, 0.3) is 0 Å². The number of aryl methyl sites for hydroxylation is 1. The van der Waals surface area contributed by atoms with E-state index in [1.165, 1.54) is 36.2 Å². The first-order chi connectivity index (χ1) is 14.4. The van der Waals surface area contributed by atoms with Crippen molar-refractivity contribution in [3.8, 4) is 0 Å². The molecule has 7 heteroatoms. The van der Waals surface area contributed by atoms with Gasteiger partial charge in [0.1, 0.15) is 11.4 Å². The second-order valence-electron chi connectivity index (χ2n) is 9.77. The number of alkyl carbamates (subject to hydrolysis) is 1. The first-order valence-corrected chi connectivity index (χ1v) is 11.7. The average molecular weight is 448 g/mol. The fraction of sp³-hybridized carbons (Fsp3) is 0.583. The predicted molar refractivity (Wildman–Crippen MR) is 126 cm³/mol. The van der Waals surface area contributed by atoms with Gasteiger partial charge in [-0.2, -0.15) is 0 Å². The number of nitrogens with one attached hydrogen (secondary N) is 1. The van der Waals surface area contributed by atoms with Gasteiger partial charge in [-0.3, -0.25) is 15.2 Å². The highest BCUT2D eigenvalue weighted by Gasteiger charge is 2.36. The molecule has 0 unspecified atom stereocenters. The van der Waals surface area contributed by atoms with Gasteiger partial charge in [-0.15, -0.1) is 0 Å². The van der Waals surface area contributed by atoms with Crippen molar-refractivity contribution in [2.75, 3.05) is 19.6 Å². The van der Waals surface area contributed by atoms with Crippen LogP contribution in [0, 0.1) is 12.7 Å². The van der Waals surface area contributed by atoms with Crippen molar-refractivity contribution in [1.29, 1.82) is 0 Å². The molecule has 0 bridgehead atoms. The molecule has 0 radical (unpaired) electrons. The van der Waals surface area contributed by atoms with Gasteiger partial charge >= 0.3 is 6.09 Å². The van der Waals surface area contributed by atoms with Crippen LogP contribution in [0.15, 0.2) is 33.7 Å². The van der Waals surface area contributed by atoms with Gasteiger partial charge in [-0.25, -0.2) is 9.18 Å². The number of nitrogens with zero attached hydrogens (tertiary/aromatic N) is 2. The molecule has 2 aliphatic heterocycles. The zero-order valence-corrected chi connectivity index (χ0v) is 20.3. The molecule has 2 heterocycles. The number of aliphatic imine (C=N–C) groups is 1. The van der Waals surface area contributed by atoms with Crippen LogP contribution >= 0.6 is 11.8 Å². The number of rotatable bonds is 3. The average Bonchev–Trinajstić information content (AvgIpc) is 3.14. The molecule has 3 rings (SSSR count). The Morgan fingerprint density at radius 2 is 2.00 bits per heavy atom. The summed E-state index contributed by atoms with van der Waals surface area (Å²) in [6.07, 6.45) is 2.50. The number of hydrogen-bond acceptors (Lipinski definition) is 5. The number of thioether (sulfide) groups is 1. The molecular formula is C24H34FN3O2S. The van der Waals surface area contributed by atoms with E-state index in [4.69, 9.17) is 9.73 Å². The van der Waals surface area contributed by atoms with Gasteiger partial charge in [0.15, 0.2) is 5.17 Å². The van der Waals surface area contributed by atoms with E-state index in [1.807, 2.05) is 40.7 Å². The van der Waals surface area contributed by atoms with Gasteiger partial charge in [0.25, 0.3) is 0 Å². The molecule has 1 aromatic rings. The Balaban J connectivity index is 1.95. The van der Waals surface area contributed by atoms with E-state index >= 15 is 0 Å². The van der Waals surface area contributed by atoms with Crippen molar-refractivity contribution in [2.45, 2.75) is 71.9 Å². The van der Waals surface area contributed by atoms with Crippen molar-refractivity contribution in [1.82, 2.24) is 10.2 Å². The van der Waals surface area contributed by atoms with E-state index < -0.39 is 17.2 Å². The van der Waals surface area contributed by atoms with E-state index in [-0.39, 0.29) is 5.82 Å². The Bertz CT molecular complexity index is 901. The minimum absolute atomic E-state index is 0.281. The summed E-state index contributed by atoms with van der Waals surface area (Å²) in [6.45, 7) is 14.6. The summed E-state index contributed by atoms with van der Waals surface area (Å²) in [7, 11) is 0. The third kappa shape index (κ3) is 6.32. The lowest BCUT2D eigenvalue weighted by Crippen LogP contribution is -2.39. The smallest absolute Gasteiger partial charge is 0.413 e. The van der Waals surface area contributed by atoms with Gasteiger partial charge in [0.2, 0.25) is 0 Å². The maximum absolute atomic E-state index is 14.9. The minimum atomic E-state index is -0.812. The van der Waals surface area contributed by atoms with Crippen LogP contribution in [0.4, 0.5) is 9.18 Å². The second-order valence-corrected chi connectivity index (χ2v) is 10.9. The molecule has 1 amide bonds. The molecule has 1 atom stereocenters. The van der Waals surface area contributed by atoms with Crippen LogP contribution in [0.2, 0.25) is 0 Å². The number of amidine groups is 1. The van der Waals surface area contributed by atoms with Crippen LogP contribution in [0.3, 0.4) is 0 Å². The molecule has 1 aromatic carbocycles. The molecule has 0 saturated carbocycles. The van der Waals surface area contributed by atoms with Crippen molar-refractivity contribution >= 4 is 23.0 Å². The Hall–Kier alpha value is -1.86. The molecule has 1 saturated heterocycles. The van der Waals surface area contributed by atoms with Crippen molar-refractivity contribution < 1.29 is 13.9 Å². The fourth-order valence-electron chi connectivity index (χ4n) is 4.01. The molecule has 1 fully saturated rings. The molecule has 1 N–H and O–H groups in total. The van der Waals surface area contributed by atoms with Crippen LogP contribution in [-0.4, -0.2) is 41.4 Å². The summed E-state index contributed by atoms with van der Waals surface area (Å²) in [5.41, 5.74) is 1.34. The maximum atomic E-state index is 14.9. The van der Waals surface area contributed by atoms with E-state index in [0.717, 1.165) is 30.1 Å². The van der Waals surface area contributed by atoms with Crippen LogP contribution < -0.4 is 5.32 Å². The lowest BCUT2D eigenvalue weighted by atomic mass is 9.87. The third-order valence-electron chi connectivity index (χ3n) is 5.52. The Labute approximate surface area is 189 Å². The maximum Gasteiger partial charge on any atom is 0.413 e. The van der Waals surface area contributed by atoms with Gasteiger partial charge in [-0.1, -0.05) is 29.5 Å². The lowest BCUT2D eigenvalue weighted by molar-refractivity contribution is 0.0564. The standard InChI is InChI=1S/C24H34FN3O2S/c1-16-9-10-19(25)18(13-16)24(6)14-20(17(2)15-28-11-7-8-12-28)31-21(27-24)26-22(29)30-23(3,4)5/h9-10,13H,7-8,11-12,14-15H2,1-6H3,(H,26,27,29)/b20-17-/t24-/m0/s1. The number of carbonyl (C=O) groups excluding carboxylic acids is 1. The fourth-order valence-corrected chi connectivity index (χ4v) is 5.21. The number of hydrogen-bond donors (Lipinski definition) is 1. The Morgan fingerprint density at radius 3 is 2.65 bits per heavy atom. The summed E-state index contributed by atoms with van der Waals surface area (Å²) in [5.74, 6) is -0.281. The number of carbonyl (C=O) groups is 1. The quantitative estimate of drug-likeness (QED) is 0.642. The van der Waals surface area contributed by atoms with E-state index in [1.54, 1.807) is 6.07 Å². The number of halogens is 1. The van der Waals surface area contributed by atoms with Crippen LogP contribution in [0.1, 0.15) is 65.0 Å². The second kappa shape index (κ2) is 9.33. The minimum Gasteiger partial charge on any atom is -0.444 e. The molecule has 170 valence electrons. The van der Waals surface area contributed by atoms with Gasteiger partial charge in [0, 0.05) is 18.5 Å². The molecule has 5 nitrogen and oxygen atoms in total.